The first-order chi connectivity index (χ1) is 9.47. The topological polar surface area (TPSA) is 43.1 Å². The summed E-state index contributed by atoms with van der Waals surface area (Å²) in [6, 6.07) is 8.99. The third-order valence-electron chi connectivity index (χ3n) is 2.57. The van der Waals surface area contributed by atoms with Gasteiger partial charge in [0.05, 0.1) is 0 Å². The van der Waals surface area contributed by atoms with Gasteiger partial charge in [-0.25, -0.2) is 0 Å². The van der Waals surface area contributed by atoms with Crippen molar-refractivity contribution in [1.82, 2.24) is 19.8 Å². The average Bonchev–Trinajstić information content (AvgIpc) is 2.97. The van der Waals surface area contributed by atoms with Crippen LogP contribution in [0.15, 0.2) is 30.3 Å². The van der Waals surface area contributed by atoms with Crippen molar-refractivity contribution in [3.8, 4) is 0 Å². The summed E-state index contributed by atoms with van der Waals surface area (Å²) in [5.41, 5.74) is 0.757. The minimum atomic E-state index is -4.60. The Morgan fingerprint density at radius 3 is 2.50 bits per heavy atom. The van der Waals surface area contributed by atoms with Crippen LogP contribution in [0.3, 0.4) is 0 Å². The SMILES string of the molecule is FC(F)(F)c1nnc2sc(C(Cl)c3ccccc3)nn12. The molecule has 2 aromatic heterocycles. The van der Waals surface area contributed by atoms with Gasteiger partial charge in [-0.3, -0.25) is 0 Å². The molecule has 0 amide bonds. The summed E-state index contributed by atoms with van der Waals surface area (Å²) in [5, 5.41) is 10.2. The molecule has 3 rings (SSSR count). The summed E-state index contributed by atoms with van der Waals surface area (Å²) < 4.78 is 38.8. The quantitative estimate of drug-likeness (QED) is 0.679. The molecule has 0 fully saturated rings. The molecule has 1 unspecified atom stereocenters. The van der Waals surface area contributed by atoms with Crippen LogP contribution in [0.1, 0.15) is 21.8 Å². The van der Waals surface area contributed by atoms with Crippen LogP contribution in [-0.4, -0.2) is 19.8 Å². The maximum absolute atomic E-state index is 12.7. The van der Waals surface area contributed by atoms with E-state index < -0.39 is 17.4 Å². The van der Waals surface area contributed by atoms with Gasteiger partial charge < -0.3 is 0 Å². The zero-order chi connectivity index (χ0) is 14.3. The van der Waals surface area contributed by atoms with Crippen LogP contribution in [0.4, 0.5) is 13.2 Å². The van der Waals surface area contributed by atoms with Crippen molar-refractivity contribution in [1.29, 1.82) is 0 Å². The van der Waals surface area contributed by atoms with Crippen molar-refractivity contribution in [3.63, 3.8) is 0 Å². The molecule has 104 valence electrons. The van der Waals surface area contributed by atoms with E-state index >= 15 is 0 Å². The molecule has 0 saturated carbocycles. The number of benzene rings is 1. The summed E-state index contributed by atoms with van der Waals surface area (Å²) in [6.45, 7) is 0. The van der Waals surface area contributed by atoms with E-state index in [0.29, 0.717) is 9.52 Å². The minimum absolute atomic E-state index is 0.0638. The van der Waals surface area contributed by atoms with E-state index in [4.69, 9.17) is 11.6 Å². The molecule has 0 saturated heterocycles. The van der Waals surface area contributed by atoms with Crippen molar-refractivity contribution in [3.05, 3.63) is 46.7 Å². The fraction of sp³-hybridized carbons (Fsp3) is 0.182. The average molecular weight is 319 g/mol. The predicted octanol–water partition coefficient (Wildman–Crippen LogP) is 3.53. The first kappa shape index (κ1) is 13.3. The number of hydrogen-bond donors (Lipinski definition) is 0. The molecule has 0 N–H and O–H groups in total. The molecule has 0 bridgehead atoms. The van der Waals surface area contributed by atoms with E-state index in [2.05, 4.69) is 15.3 Å². The van der Waals surface area contributed by atoms with E-state index in [-0.39, 0.29) is 4.96 Å². The van der Waals surface area contributed by atoms with E-state index in [9.17, 15) is 13.2 Å². The van der Waals surface area contributed by atoms with Gasteiger partial charge in [0.15, 0.2) is 0 Å². The van der Waals surface area contributed by atoms with Gasteiger partial charge in [0.1, 0.15) is 10.4 Å². The summed E-state index contributed by atoms with van der Waals surface area (Å²) in [7, 11) is 0. The summed E-state index contributed by atoms with van der Waals surface area (Å²) in [5.74, 6) is -1.15. The van der Waals surface area contributed by atoms with Gasteiger partial charge in [-0.05, 0) is 5.56 Å². The molecule has 9 heteroatoms. The number of nitrogens with zero attached hydrogens (tertiary/aromatic N) is 4. The molecule has 4 nitrogen and oxygen atoms in total. The van der Waals surface area contributed by atoms with Crippen LogP contribution in [0.25, 0.3) is 4.96 Å². The van der Waals surface area contributed by atoms with Crippen molar-refractivity contribution in [2.45, 2.75) is 11.6 Å². The molecule has 20 heavy (non-hydrogen) atoms. The highest BCUT2D eigenvalue weighted by atomic mass is 35.5. The highest BCUT2D eigenvalue weighted by Crippen LogP contribution is 2.34. The van der Waals surface area contributed by atoms with Crippen molar-refractivity contribution >= 4 is 27.9 Å². The molecule has 0 spiro atoms. The lowest BCUT2D eigenvalue weighted by Crippen LogP contribution is -2.11. The molecule has 0 radical (unpaired) electrons. The van der Waals surface area contributed by atoms with Crippen LogP contribution in [0, 0.1) is 0 Å². The Hall–Kier alpha value is -1.67. The maximum atomic E-state index is 12.7. The van der Waals surface area contributed by atoms with E-state index in [1.54, 1.807) is 24.3 Å². The molecular weight excluding hydrogens is 313 g/mol. The van der Waals surface area contributed by atoms with Gasteiger partial charge in [0.25, 0.3) is 5.82 Å². The number of fused-ring (bicyclic) bond motifs is 1. The Balaban J connectivity index is 2.04. The van der Waals surface area contributed by atoms with Crippen molar-refractivity contribution < 1.29 is 13.2 Å². The summed E-state index contributed by atoms with van der Waals surface area (Å²) in [6.07, 6.45) is -4.60. The lowest BCUT2D eigenvalue weighted by atomic mass is 10.1. The Bertz CT molecular complexity index is 737. The van der Waals surface area contributed by atoms with E-state index in [1.807, 2.05) is 6.07 Å². The molecule has 1 aromatic carbocycles. The lowest BCUT2D eigenvalue weighted by molar-refractivity contribution is -0.146. The molecule has 3 aromatic rings. The molecule has 0 aliphatic heterocycles. The third kappa shape index (κ3) is 2.25. The van der Waals surface area contributed by atoms with Gasteiger partial charge in [-0.2, -0.15) is 22.8 Å². The minimum Gasteiger partial charge on any atom is -0.178 e. The Morgan fingerprint density at radius 2 is 1.85 bits per heavy atom. The molecular formula is C11H6ClF3N4S. The maximum Gasteiger partial charge on any atom is 0.453 e. The van der Waals surface area contributed by atoms with Gasteiger partial charge in [-0.15, -0.1) is 21.8 Å². The number of halogens is 4. The Morgan fingerprint density at radius 1 is 1.15 bits per heavy atom. The van der Waals surface area contributed by atoms with Crippen LogP contribution in [-0.2, 0) is 6.18 Å². The highest BCUT2D eigenvalue weighted by Gasteiger charge is 2.38. The molecule has 0 aliphatic rings. The standard InChI is InChI=1S/C11H6ClF3N4S/c12-7(6-4-2-1-3-5-6)8-18-19-9(11(13,14)15)16-17-10(19)20-8/h1-5,7H. The smallest absolute Gasteiger partial charge is 0.178 e. The van der Waals surface area contributed by atoms with Crippen LogP contribution < -0.4 is 0 Å². The molecule has 0 aliphatic carbocycles. The highest BCUT2D eigenvalue weighted by molar-refractivity contribution is 7.17. The van der Waals surface area contributed by atoms with Crippen molar-refractivity contribution in [2.24, 2.45) is 0 Å². The number of rotatable bonds is 2. The van der Waals surface area contributed by atoms with E-state index in [0.717, 1.165) is 16.9 Å². The first-order valence-electron chi connectivity index (χ1n) is 5.45. The van der Waals surface area contributed by atoms with Gasteiger partial charge in [0.2, 0.25) is 4.96 Å². The van der Waals surface area contributed by atoms with Gasteiger partial charge in [-0.1, -0.05) is 41.7 Å². The zero-order valence-electron chi connectivity index (χ0n) is 9.67. The number of hydrogen-bond acceptors (Lipinski definition) is 4. The fourth-order valence-electron chi connectivity index (χ4n) is 1.68. The normalized spacial score (nSPS) is 13.8. The Labute approximate surface area is 119 Å². The fourth-order valence-corrected chi connectivity index (χ4v) is 2.84. The second-order valence-corrected chi connectivity index (χ2v) is 5.35. The second-order valence-electron chi connectivity index (χ2n) is 3.93. The molecule has 1 atom stereocenters. The van der Waals surface area contributed by atoms with Gasteiger partial charge >= 0.3 is 6.18 Å². The second kappa shape index (κ2) is 4.71. The molecule has 2 heterocycles. The predicted molar refractivity (Wildman–Crippen MR) is 67.8 cm³/mol. The van der Waals surface area contributed by atoms with Crippen LogP contribution >= 0.6 is 22.9 Å². The van der Waals surface area contributed by atoms with Gasteiger partial charge in [0, 0.05) is 0 Å². The Kier molecular flexibility index (Phi) is 3.14. The number of alkyl halides is 4. The largest absolute Gasteiger partial charge is 0.453 e. The number of aromatic nitrogens is 4. The van der Waals surface area contributed by atoms with E-state index in [1.165, 1.54) is 0 Å². The zero-order valence-corrected chi connectivity index (χ0v) is 11.2. The van der Waals surface area contributed by atoms with Crippen LogP contribution in [0.5, 0.6) is 0 Å². The van der Waals surface area contributed by atoms with Crippen molar-refractivity contribution in [2.75, 3.05) is 0 Å². The summed E-state index contributed by atoms with van der Waals surface area (Å²) >= 11 is 7.22. The monoisotopic (exact) mass is 318 g/mol. The summed E-state index contributed by atoms with van der Waals surface area (Å²) in [4.78, 5) is 0.0638. The first-order valence-corrected chi connectivity index (χ1v) is 6.70. The van der Waals surface area contributed by atoms with Crippen LogP contribution in [0.2, 0.25) is 0 Å². The lowest BCUT2D eigenvalue weighted by Gasteiger charge is -2.05. The third-order valence-corrected chi connectivity index (χ3v) is 4.12.